The van der Waals surface area contributed by atoms with Crippen LogP contribution < -0.4 is 0 Å². The van der Waals surface area contributed by atoms with Crippen LogP contribution in [-0.4, -0.2) is 5.78 Å². The molecule has 0 aliphatic heterocycles. The van der Waals surface area contributed by atoms with Crippen molar-refractivity contribution >= 4 is 22.5 Å². The van der Waals surface area contributed by atoms with E-state index in [1.807, 2.05) is 91.0 Å². The van der Waals surface area contributed by atoms with Crippen LogP contribution in [0.1, 0.15) is 16.7 Å². The predicted molar refractivity (Wildman–Crippen MR) is 97.8 cm³/mol. The van der Waals surface area contributed by atoms with Crippen molar-refractivity contribution < 1.29 is 24.3 Å². The number of Topliss-reactive ketones (excluding diaryl/α,β-unsaturated/α-hetero) is 1. The summed E-state index contributed by atoms with van der Waals surface area (Å²) in [5.74, 6) is 0.0336. The molecular weight excluding hydrogens is 395 g/mol. The fraction of sp³-hybridized carbons (Fsp3) is 0. The third-order valence-corrected chi connectivity index (χ3v) is 4.14. The Balaban J connectivity index is 0.00000182. The molecule has 0 unspecified atom stereocenters. The molecule has 0 N–H and O–H groups in total. The maximum absolute atomic E-state index is 13.1. The number of rotatable bonds is 3. The van der Waals surface area contributed by atoms with Gasteiger partial charge in [0.05, 0.1) is 5.78 Å². The SMILES string of the molecule is O=C1C(c2ccccc2)=[C-]C(c2ccccc2)=C1c1ccccc1.[Rh]. The first-order valence-corrected chi connectivity index (χ1v) is 7.94. The average molecular weight is 410 g/mol. The molecule has 0 saturated heterocycles. The van der Waals surface area contributed by atoms with Crippen molar-refractivity contribution in [2.24, 2.45) is 0 Å². The van der Waals surface area contributed by atoms with Crippen LogP contribution in [-0.2, 0) is 24.3 Å². The minimum absolute atomic E-state index is 0. The van der Waals surface area contributed by atoms with E-state index in [0.717, 1.165) is 27.8 Å². The third kappa shape index (κ3) is 3.31. The summed E-state index contributed by atoms with van der Waals surface area (Å²) in [5, 5.41) is 0. The topological polar surface area (TPSA) is 17.1 Å². The maximum atomic E-state index is 13.1. The van der Waals surface area contributed by atoms with Crippen LogP contribution in [0.5, 0.6) is 0 Å². The van der Waals surface area contributed by atoms with Crippen LogP contribution in [0.15, 0.2) is 91.0 Å². The largest absolute Gasteiger partial charge is 0.344 e. The number of ketones is 1. The zero-order valence-corrected chi connectivity index (χ0v) is 15.0. The van der Waals surface area contributed by atoms with E-state index in [9.17, 15) is 4.79 Å². The van der Waals surface area contributed by atoms with Crippen molar-refractivity contribution in [3.8, 4) is 0 Å². The Labute approximate surface area is 160 Å². The minimum Gasteiger partial charge on any atom is -0.344 e. The van der Waals surface area contributed by atoms with E-state index in [0.29, 0.717) is 5.57 Å². The summed E-state index contributed by atoms with van der Waals surface area (Å²) < 4.78 is 0. The molecule has 25 heavy (non-hydrogen) atoms. The second kappa shape index (κ2) is 7.55. The summed E-state index contributed by atoms with van der Waals surface area (Å²) in [6.45, 7) is 0. The Kier molecular flexibility index (Phi) is 5.21. The molecule has 0 aromatic heterocycles. The van der Waals surface area contributed by atoms with E-state index >= 15 is 0 Å². The van der Waals surface area contributed by atoms with E-state index < -0.39 is 0 Å². The van der Waals surface area contributed by atoms with Gasteiger partial charge in [0.15, 0.2) is 0 Å². The van der Waals surface area contributed by atoms with Crippen LogP contribution in [0, 0.1) is 6.08 Å². The van der Waals surface area contributed by atoms with Gasteiger partial charge in [0, 0.05) is 19.5 Å². The van der Waals surface area contributed by atoms with Crippen molar-refractivity contribution in [3.05, 3.63) is 114 Å². The summed E-state index contributed by atoms with van der Waals surface area (Å²) in [6, 6.07) is 29.6. The quantitative estimate of drug-likeness (QED) is 0.436. The molecule has 2 heteroatoms. The first-order chi connectivity index (χ1) is 11.8. The van der Waals surface area contributed by atoms with Crippen molar-refractivity contribution in [2.75, 3.05) is 0 Å². The minimum atomic E-state index is 0. The maximum Gasteiger partial charge on any atom is 0.0939 e. The molecule has 0 atom stereocenters. The van der Waals surface area contributed by atoms with Gasteiger partial charge in [0.2, 0.25) is 0 Å². The standard InChI is InChI=1S/C23H15O.Rh/c24-23-21(18-12-6-2-7-13-18)16-20(17-10-4-1-5-11-17)22(23)19-14-8-3-9-15-19;/h1-15H;/q-1;. The Morgan fingerprint density at radius 2 is 1.00 bits per heavy atom. The second-order valence-corrected chi connectivity index (χ2v) is 5.68. The van der Waals surface area contributed by atoms with Gasteiger partial charge in [0.1, 0.15) is 0 Å². The third-order valence-electron chi connectivity index (χ3n) is 4.14. The molecule has 0 heterocycles. The van der Waals surface area contributed by atoms with Crippen LogP contribution in [0.3, 0.4) is 0 Å². The average Bonchev–Trinajstić information content (AvgIpc) is 3.01. The van der Waals surface area contributed by atoms with E-state index in [-0.39, 0.29) is 25.3 Å². The number of allylic oxidation sites excluding steroid dienone is 4. The van der Waals surface area contributed by atoms with E-state index in [1.54, 1.807) is 0 Å². The van der Waals surface area contributed by atoms with Crippen LogP contribution in [0.25, 0.3) is 16.7 Å². The normalized spacial score (nSPS) is 13.4. The van der Waals surface area contributed by atoms with Crippen molar-refractivity contribution in [3.63, 3.8) is 0 Å². The molecule has 1 aliphatic rings. The molecule has 123 valence electrons. The molecule has 1 nitrogen and oxygen atoms in total. The molecular formula is C23H15ORh-. The molecule has 0 bridgehead atoms. The first kappa shape index (κ1) is 17.3. The zero-order chi connectivity index (χ0) is 16.4. The van der Waals surface area contributed by atoms with Gasteiger partial charge in [-0.05, 0) is 0 Å². The Hall–Kier alpha value is -2.57. The van der Waals surface area contributed by atoms with E-state index in [2.05, 4.69) is 6.08 Å². The number of carbonyl (C=O) groups excluding carboxylic acids is 1. The molecule has 1 radical (unpaired) electrons. The monoisotopic (exact) mass is 410 g/mol. The van der Waals surface area contributed by atoms with Crippen molar-refractivity contribution in [1.29, 1.82) is 0 Å². The second-order valence-electron chi connectivity index (χ2n) is 5.68. The van der Waals surface area contributed by atoms with Gasteiger partial charge >= 0.3 is 0 Å². The molecule has 3 aromatic rings. The van der Waals surface area contributed by atoms with Crippen molar-refractivity contribution in [2.45, 2.75) is 0 Å². The molecule has 3 aromatic carbocycles. The summed E-state index contributed by atoms with van der Waals surface area (Å²) >= 11 is 0. The fourth-order valence-corrected chi connectivity index (χ4v) is 2.99. The summed E-state index contributed by atoms with van der Waals surface area (Å²) in [6.07, 6.45) is 3.37. The Bertz CT molecular complexity index is 939. The van der Waals surface area contributed by atoms with Gasteiger partial charge in [-0.2, -0.15) is 0 Å². The molecule has 4 rings (SSSR count). The Morgan fingerprint density at radius 3 is 1.52 bits per heavy atom. The van der Waals surface area contributed by atoms with Gasteiger partial charge in [-0.3, -0.25) is 0 Å². The van der Waals surface area contributed by atoms with Crippen LogP contribution >= 0.6 is 0 Å². The zero-order valence-electron chi connectivity index (χ0n) is 13.4. The van der Waals surface area contributed by atoms with Crippen molar-refractivity contribution in [1.82, 2.24) is 0 Å². The number of benzene rings is 3. The van der Waals surface area contributed by atoms with Gasteiger partial charge in [-0.25, -0.2) is 0 Å². The predicted octanol–water partition coefficient (Wildman–Crippen LogP) is 5.06. The van der Waals surface area contributed by atoms with E-state index in [4.69, 9.17) is 0 Å². The smallest absolute Gasteiger partial charge is 0.0939 e. The van der Waals surface area contributed by atoms with Gasteiger partial charge in [-0.1, -0.05) is 119 Å². The summed E-state index contributed by atoms with van der Waals surface area (Å²) in [5.41, 5.74) is 5.07. The number of hydrogen-bond acceptors (Lipinski definition) is 1. The van der Waals surface area contributed by atoms with Gasteiger partial charge < -0.3 is 4.79 Å². The molecule has 0 amide bonds. The van der Waals surface area contributed by atoms with E-state index in [1.165, 1.54) is 0 Å². The molecule has 0 fully saturated rings. The fourth-order valence-electron chi connectivity index (χ4n) is 2.99. The van der Waals surface area contributed by atoms with Gasteiger partial charge in [0.25, 0.3) is 0 Å². The van der Waals surface area contributed by atoms with Gasteiger partial charge in [-0.15, -0.1) is 11.6 Å². The Morgan fingerprint density at radius 1 is 0.560 bits per heavy atom. The summed E-state index contributed by atoms with van der Waals surface area (Å²) in [7, 11) is 0. The van der Waals surface area contributed by atoms with Crippen LogP contribution in [0.4, 0.5) is 0 Å². The molecule has 0 spiro atoms. The molecule has 0 saturated carbocycles. The molecule has 1 aliphatic carbocycles. The van der Waals surface area contributed by atoms with Crippen LogP contribution in [0.2, 0.25) is 0 Å². The number of hydrogen-bond donors (Lipinski definition) is 0. The number of carbonyl (C=O) groups is 1. The first-order valence-electron chi connectivity index (χ1n) is 7.94. The summed E-state index contributed by atoms with van der Waals surface area (Å²) in [4.78, 5) is 13.1.